The summed E-state index contributed by atoms with van der Waals surface area (Å²) in [7, 11) is 0. The molecule has 0 aliphatic rings. The molecule has 0 spiro atoms. The molecular weight excluding hydrogens is 354 g/mol. The lowest BCUT2D eigenvalue weighted by Crippen LogP contribution is -3.07. The van der Waals surface area contributed by atoms with Crippen molar-refractivity contribution in [3.05, 3.63) is 41.1 Å². The summed E-state index contributed by atoms with van der Waals surface area (Å²) in [6, 6.07) is 10.4. The maximum Gasteiger partial charge on any atom is 0.0809 e. The molecule has 1 aromatic rings. The van der Waals surface area contributed by atoms with E-state index < -0.39 is 0 Å². The SMILES string of the molecule is CCCCCCCCCCCCCCCCCCC[NH+]([O-])CCc1ccccc1. The summed E-state index contributed by atoms with van der Waals surface area (Å²) in [5.74, 6) is 0. The van der Waals surface area contributed by atoms with Crippen molar-refractivity contribution in [2.24, 2.45) is 0 Å². The summed E-state index contributed by atoms with van der Waals surface area (Å²) < 4.78 is 0. The average molecular weight is 404 g/mol. The lowest BCUT2D eigenvalue weighted by Gasteiger charge is -2.22. The largest absolute Gasteiger partial charge is 0.634 e. The minimum atomic E-state index is 0.440. The van der Waals surface area contributed by atoms with Crippen molar-refractivity contribution < 1.29 is 5.06 Å². The van der Waals surface area contributed by atoms with Crippen LogP contribution in [0.5, 0.6) is 0 Å². The van der Waals surface area contributed by atoms with Crippen molar-refractivity contribution in [2.75, 3.05) is 13.1 Å². The molecule has 0 fully saturated rings. The summed E-state index contributed by atoms with van der Waals surface area (Å²) in [5.41, 5.74) is 1.28. The van der Waals surface area contributed by atoms with E-state index in [2.05, 4.69) is 31.2 Å². The van der Waals surface area contributed by atoms with Gasteiger partial charge in [0.15, 0.2) is 0 Å². The third-order valence-electron chi connectivity index (χ3n) is 6.09. The Kier molecular flexibility index (Phi) is 18.4. The van der Waals surface area contributed by atoms with Gasteiger partial charge < -0.3 is 10.3 Å². The summed E-state index contributed by atoms with van der Waals surface area (Å²) in [5, 5.41) is 12.4. The molecule has 0 saturated carbocycles. The molecule has 1 atom stereocenters. The van der Waals surface area contributed by atoms with Crippen LogP contribution in [0.3, 0.4) is 0 Å². The van der Waals surface area contributed by atoms with Crippen LogP contribution in [0, 0.1) is 5.21 Å². The van der Waals surface area contributed by atoms with Gasteiger partial charge in [-0.05, 0) is 18.4 Å². The quantitative estimate of drug-likeness (QED) is 0.170. The highest BCUT2D eigenvalue weighted by Crippen LogP contribution is 2.13. The minimum Gasteiger partial charge on any atom is -0.634 e. The zero-order valence-corrected chi connectivity index (χ0v) is 19.4. The Morgan fingerprint density at radius 3 is 1.41 bits per heavy atom. The summed E-state index contributed by atoms with van der Waals surface area (Å²) in [6.07, 6.45) is 24.5. The number of benzene rings is 1. The molecule has 0 amide bonds. The van der Waals surface area contributed by atoms with Gasteiger partial charge in [0, 0.05) is 6.42 Å². The van der Waals surface area contributed by atoms with E-state index in [0.29, 0.717) is 11.6 Å². The van der Waals surface area contributed by atoms with E-state index in [0.717, 1.165) is 19.4 Å². The first-order valence-corrected chi connectivity index (χ1v) is 12.9. The first-order valence-electron chi connectivity index (χ1n) is 12.9. The van der Waals surface area contributed by atoms with Crippen molar-refractivity contribution in [2.45, 2.75) is 122 Å². The van der Waals surface area contributed by atoms with Crippen molar-refractivity contribution in [3.63, 3.8) is 0 Å². The fourth-order valence-electron chi connectivity index (χ4n) is 4.10. The van der Waals surface area contributed by atoms with Crippen LogP contribution in [0.1, 0.15) is 122 Å². The van der Waals surface area contributed by atoms with Gasteiger partial charge in [-0.3, -0.25) is 0 Å². The van der Waals surface area contributed by atoms with Crippen molar-refractivity contribution in [1.29, 1.82) is 0 Å². The molecule has 0 bridgehead atoms. The van der Waals surface area contributed by atoms with Gasteiger partial charge in [0.05, 0.1) is 13.1 Å². The maximum atomic E-state index is 12.0. The molecule has 0 aliphatic carbocycles. The number of unbranched alkanes of at least 4 members (excludes halogenated alkanes) is 16. The number of nitrogens with one attached hydrogen (secondary N) is 1. The van der Waals surface area contributed by atoms with Crippen LogP contribution in [0.2, 0.25) is 0 Å². The van der Waals surface area contributed by atoms with Gasteiger partial charge in [-0.2, -0.15) is 0 Å². The predicted octanol–water partition coefficient (Wildman–Crippen LogP) is 7.26. The third-order valence-corrected chi connectivity index (χ3v) is 6.09. The van der Waals surface area contributed by atoms with E-state index >= 15 is 0 Å². The molecule has 0 saturated heterocycles. The van der Waals surface area contributed by atoms with E-state index in [1.54, 1.807) is 0 Å². The number of quaternary nitrogens is 1. The summed E-state index contributed by atoms with van der Waals surface area (Å²) in [6.45, 7) is 3.78. The Bertz CT molecular complexity index is 433. The average Bonchev–Trinajstić information content (AvgIpc) is 2.75. The highest BCUT2D eigenvalue weighted by Gasteiger charge is 2.00. The fourth-order valence-corrected chi connectivity index (χ4v) is 4.10. The smallest absolute Gasteiger partial charge is 0.0809 e. The van der Waals surface area contributed by atoms with Gasteiger partial charge >= 0.3 is 0 Å². The molecule has 1 rings (SSSR count). The van der Waals surface area contributed by atoms with E-state index in [1.165, 1.54) is 108 Å². The highest BCUT2D eigenvalue weighted by molar-refractivity contribution is 5.14. The summed E-state index contributed by atoms with van der Waals surface area (Å²) in [4.78, 5) is 0. The van der Waals surface area contributed by atoms with Crippen molar-refractivity contribution >= 4 is 0 Å². The molecule has 0 heterocycles. The minimum absolute atomic E-state index is 0.440. The standard InChI is InChI=1S/C27H49NO/c1-2-3-4-5-6-7-8-9-10-11-12-13-14-15-16-17-21-25-28(29)26-24-27-22-19-18-20-23-27/h18-20,22-23,28H,2-17,21,24-26H2,1H3. The van der Waals surface area contributed by atoms with Gasteiger partial charge in [0.2, 0.25) is 0 Å². The lowest BCUT2D eigenvalue weighted by molar-refractivity contribution is -0.848. The molecule has 2 nitrogen and oxygen atoms in total. The molecule has 1 unspecified atom stereocenters. The van der Waals surface area contributed by atoms with Gasteiger partial charge in [0.1, 0.15) is 0 Å². The molecule has 0 aromatic heterocycles. The number of hydrogen-bond acceptors (Lipinski definition) is 1. The van der Waals surface area contributed by atoms with Crippen LogP contribution in [0.4, 0.5) is 0 Å². The fraction of sp³-hybridized carbons (Fsp3) is 0.778. The lowest BCUT2D eigenvalue weighted by atomic mass is 10.0. The molecule has 1 aromatic carbocycles. The van der Waals surface area contributed by atoms with E-state index in [9.17, 15) is 5.21 Å². The number of hydrogen-bond donors (Lipinski definition) is 1. The second-order valence-corrected chi connectivity index (χ2v) is 8.93. The molecule has 1 N–H and O–H groups in total. The molecule has 29 heavy (non-hydrogen) atoms. The Balaban J connectivity index is 1.73. The molecule has 2 heteroatoms. The highest BCUT2D eigenvalue weighted by atomic mass is 16.5. The van der Waals surface area contributed by atoms with Crippen LogP contribution in [-0.2, 0) is 6.42 Å². The first-order chi connectivity index (χ1) is 14.3. The first kappa shape index (κ1) is 26.2. The number of hydroxylamine groups is 2. The molecular formula is C27H49NO. The van der Waals surface area contributed by atoms with Crippen molar-refractivity contribution in [1.82, 2.24) is 0 Å². The second-order valence-electron chi connectivity index (χ2n) is 8.93. The topological polar surface area (TPSA) is 27.5 Å². The Labute approximate surface area is 182 Å². The Hall–Kier alpha value is -0.860. The van der Waals surface area contributed by atoms with Crippen molar-refractivity contribution in [3.8, 4) is 0 Å². The predicted molar refractivity (Wildman–Crippen MR) is 128 cm³/mol. The van der Waals surface area contributed by atoms with Gasteiger partial charge in [-0.25, -0.2) is 0 Å². The number of rotatable bonds is 21. The van der Waals surface area contributed by atoms with Gasteiger partial charge in [-0.15, -0.1) is 0 Å². The molecule has 168 valence electrons. The van der Waals surface area contributed by atoms with Crippen LogP contribution >= 0.6 is 0 Å². The van der Waals surface area contributed by atoms with Gasteiger partial charge in [-0.1, -0.05) is 134 Å². The summed E-state index contributed by atoms with van der Waals surface area (Å²) >= 11 is 0. The Morgan fingerprint density at radius 2 is 0.966 bits per heavy atom. The zero-order valence-electron chi connectivity index (χ0n) is 19.4. The van der Waals surface area contributed by atoms with Crippen LogP contribution in [0.25, 0.3) is 0 Å². The van der Waals surface area contributed by atoms with Crippen LogP contribution in [-0.4, -0.2) is 13.1 Å². The Morgan fingerprint density at radius 1 is 0.552 bits per heavy atom. The molecule has 0 aliphatic heterocycles. The monoisotopic (exact) mass is 403 g/mol. The van der Waals surface area contributed by atoms with E-state index in [4.69, 9.17) is 0 Å². The van der Waals surface area contributed by atoms with Crippen LogP contribution in [0.15, 0.2) is 30.3 Å². The third kappa shape index (κ3) is 17.7. The van der Waals surface area contributed by atoms with Crippen LogP contribution < -0.4 is 5.06 Å². The van der Waals surface area contributed by atoms with E-state index in [1.807, 2.05) is 6.07 Å². The maximum absolute atomic E-state index is 12.0. The normalized spacial score (nSPS) is 12.3. The second kappa shape index (κ2) is 20.4. The molecule has 0 radical (unpaired) electrons. The zero-order chi connectivity index (χ0) is 20.8. The van der Waals surface area contributed by atoms with E-state index in [-0.39, 0.29) is 0 Å². The van der Waals surface area contributed by atoms with Gasteiger partial charge in [0.25, 0.3) is 0 Å².